The largest absolute Gasteiger partial charge is 0.573 e. The number of hydrogen-bond donors (Lipinski definition) is 0. The van der Waals surface area contributed by atoms with Crippen LogP contribution in [0.25, 0.3) is 0 Å². The van der Waals surface area contributed by atoms with Crippen molar-refractivity contribution in [3.05, 3.63) is 94.5 Å². The quantitative estimate of drug-likeness (QED) is 0.181. The zero-order valence-electron chi connectivity index (χ0n) is 19.6. The van der Waals surface area contributed by atoms with Crippen LogP contribution in [0.3, 0.4) is 0 Å². The van der Waals surface area contributed by atoms with Gasteiger partial charge in [-0.25, -0.2) is 0 Å². The molecule has 0 bridgehead atoms. The molecule has 0 radical (unpaired) electrons. The van der Waals surface area contributed by atoms with E-state index < -0.39 is 6.36 Å². The van der Waals surface area contributed by atoms with Gasteiger partial charge in [-0.2, -0.15) is 0 Å². The van der Waals surface area contributed by atoms with Gasteiger partial charge in [0, 0.05) is 17.5 Å². The Bertz CT molecular complexity index is 1200. The van der Waals surface area contributed by atoms with E-state index in [1.54, 1.807) is 25.3 Å². The summed E-state index contributed by atoms with van der Waals surface area (Å²) in [6.07, 6.45) is -2.23. The smallest absolute Gasteiger partial charge is 0.406 e. The Hall–Kier alpha value is -3.52. The molecule has 4 nitrogen and oxygen atoms in total. The predicted octanol–water partition coefficient (Wildman–Crippen LogP) is 7.04. The maximum Gasteiger partial charge on any atom is 0.573 e. The summed E-state index contributed by atoms with van der Waals surface area (Å²) >= 11 is 5.52. The number of alkyl halides is 3. The maximum absolute atomic E-state index is 12.3. The molecule has 0 aliphatic carbocycles. The molecule has 8 heteroatoms. The first-order chi connectivity index (χ1) is 16.6. The molecule has 0 saturated carbocycles. The summed E-state index contributed by atoms with van der Waals surface area (Å²) in [6, 6.07) is 18.8. The standard InChI is InChI=1S/C27H25F3N2O2S/c1-18-5-4-6-19(2)26(18)15-25(35)17-31-16-21-7-11-24(12-8-21)34-32-20(3)22-9-13-23(14-10-22)33-27(28,29)30/h4-14,16H,15,17H2,1-3H3/b31-16?,32-20+. The lowest BCUT2D eigenvalue weighted by Gasteiger charge is -2.09. The second-order valence-corrected chi connectivity index (χ2v) is 8.54. The summed E-state index contributed by atoms with van der Waals surface area (Å²) in [7, 11) is 0. The topological polar surface area (TPSA) is 43.2 Å². The van der Waals surface area contributed by atoms with Crippen LogP contribution in [0.4, 0.5) is 13.2 Å². The van der Waals surface area contributed by atoms with Crippen LogP contribution in [0.2, 0.25) is 0 Å². The Morgan fingerprint density at radius 1 is 0.914 bits per heavy atom. The van der Waals surface area contributed by atoms with Crippen LogP contribution < -0.4 is 9.57 Å². The summed E-state index contributed by atoms with van der Waals surface area (Å²) in [5.41, 5.74) is 5.74. The first-order valence-corrected chi connectivity index (χ1v) is 11.3. The van der Waals surface area contributed by atoms with Crippen molar-refractivity contribution in [3.63, 3.8) is 0 Å². The molecule has 0 spiro atoms. The van der Waals surface area contributed by atoms with Crippen LogP contribution in [-0.2, 0) is 6.42 Å². The fourth-order valence-corrected chi connectivity index (χ4v) is 3.54. The molecular weight excluding hydrogens is 473 g/mol. The normalized spacial score (nSPS) is 12.1. The first-order valence-electron chi connectivity index (χ1n) is 10.9. The van der Waals surface area contributed by atoms with Gasteiger partial charge < -0.3 is 9.57 Å². The van der Waals surface area contributed by atoms with Gasteiger partial charge in [-0.3, -0.25) is 4.99 Å². The molecule has 0 atom stereocenters. The van der Waals surface area contributed by atoms with Crippen LogP contribution in [0.5, 0.6) is 11.5 Å². The van der Waals surface area contributed by atoms with Gasteiger partial charge in [0.2, 0.25) is 0 Å². The third kappa shape index (κ3) is 8.33. The number of hydrogen-bond acceptors (Lipinski definition) is 5. The van der Waals surface area contributed by atoms with Gasteiger partial charge in [-0.05, 0) is 97.1 Å². The predicted molar refractivity (Wildman–Crippen MR) is 137 cm³/mol. The van der Waals surface area contributed by atoms with E-state index in [0.717, 1.165) is 16.8 Å². The molecule has 3 rings (SSSR count). The number of thiocarbonyl (C=S) groups is 1. The SMILES string of the molecule is C/C(=N\Oc1ccc(C=NCC(=S)Cc2c(C)cccc2C)cc1)c1ccc(OC(F)(F)F)cc1. The number of rotatable bonds is 9. The van der Waals surface area contributed by atoms with Crippen molar-refractivity contribution in [1.29, 1.82) is 0 Å². The van der Waals surface area contributed by atoms with Crippen molar-refractivity contribution in [3.8, 4) is 11.5 Å². The van der Waals surface area contributed by atoms with Crippen LogP contribution in [0.15, 0.2) is 76.9 Å². The minimum absolute atomic E-state index is 0.293. The summed E-state index contributed by atoms with van der Waals surface area (Å²) < 4.78 is 40.7. The van der Waals surface area contributed by atoms with E-state index in [-0.39, 0.29) is 5.75 Å². The van der Waals surface area contributed by atoms with Gasteiger partial charge in [0.1, 0.15) is 5.75 Å². The maximum atomic E-state index is 12.3. The van der Waals surface area contributed by atoms with E-state index in [0.29, 0.717) is 23.6 Å². The van der Waals surface area contributed by atoms with E-state index in [4.69, 9.17) is 17.1 Å². The fourth-order valence-electron chi connectivity index (χ4n) is 3.32. The van der Waals surface area contributed by atoms with E-state index in [2.05, 4.69) is 40.9 Å². The molecule has 0 aromatic heterocycles. The van der Waals surface area contributed by atoms with Gasteiger partial charge in [-0.1, -0.05) is 35.6 Å². The monoisotopic (exact) mass is 498 g/mol. The van der Waals surface area contributed by atoms with Crippen LogP contribution >= 0.6 is 12.2 Å². The molecule has 0 unspecified atom stereocenters. The molecule has 3 aromatic carbocycles. The minimum Gasteiger partial charge on any atom is -0.406 e. The Morgan fingerprint density at radius 2 is 1.51 bits per heavy atom. The van der Waals surface area contributed by atoms with Gasteiger partial charge >= 0.3 is 6.36 Å². The summed E-state index contributed by atoms with van der Waals surface area (Å²) in [5.74, 6) is 0.224. The molecule has 0 fully saturated rings. The molecule has 0 heterocycles. The highest BCUT2D eigenvalue weighted by molar-refractivity contribution is 7.80. The number of ether oxygens (including phenoxy) is 1. The van der Waals surface area contributed by atoms with Crippen LogP contribution in [-0.4, -0.2) is 29.7 Å². The van der Waals surface area contributed by atoms with Crippen LogP contribution in [0.1, 0.15) is 34.7 Å². The van der Waals surface area contributed by atoms with Crippen molar-refractivity contribution in [2.45, 2.75) is 33.6 Å². The second-order valence-electron chi connectivity index (χ2n) is 7.96. The average Bonchev–Trinajstić information content (AvgIpc) is 2.80. The van der Waals surface area contributed by atoms with Gasteiger partial charge in [-0.15, -0.1) is 13.2 Å². The van der Waals surface area contributed by atoms with Crippen molar-refractivity contribution in [2.75, 3.05) is 6.54 Å². The van der Waals surface area contributed by atoms with E-state index in [1.807, 2.05) is 18.2 Å². The van der Waals surface area contributed by atoms with Crippen LogP contribution in [0, 0.1) is 13.8 Å². The number of aryl methyl sites for hydroxylation is 2. The molecule has 0 aliphatic rings. The molecular formula is C27H25F3N2O2S. The van der Waals surface area contributed by atoms with Crippen molar-refractivity contribution in [2.24, 2.45) is 10.1 Å². The van der Waals surface area contributed by atoms with Gasteiger partial charge in [0.05, 0.1) is 12.3 Å². The summed E-state index contributed by atoms with van der Waals surface area (Å²) in [6.45, 7) is 6.35. The Kier molecular flexibility index (Phi) is 8.76. The Labute approximate surface area is 208 Å². The highest BCUT2D eigenvalue weighted by Gasteiger charge is 2.30. The van der Waals surface area contributed by atoms with Crippen molar-refractivity contribution < 1.29 is 22.7 Å². The van der Waals surface area contributed by atoms with E-state index in [1.165, 1.54) is 41.0 Å². The zero-order chi connectivity index (χ0) is 25.4. The molecule has 0 aliphatic heterocycles. The summed E-state index contributed by atoms with van der Waals surface area (Å²) in [5, 5.41) is 4.04. The highest BCUT2D eigenvalue weighted by atomic mass is 32.1. The number of nitrogens with zero attached hydrogens (tertiary/aromatic N) is 2. The molecule has 35 heavy (non-hydrogen) atoms. The fraction of sp³-hybridized carbons (Fsp3) is 0.222. The highest BCUT2D eigenvalue weighted by Crippen LogP contribution is 2.23. The lowest BCUT2D eigenvalue weighted by molar-refractivity contribution is -0.274. The molecule has 3 aromatic rings. The Balaban J connectivity index is 1.51. The first kappa shape index (κ1) is 26.1. The van der Waals surface area contributed by atoms with Crippen molar-refractivity contribution >= 4 is 29.0 Å². The van der Waals surface area contributed by atoms with E-state index >= 15 is 0 Å². The van der Waals surface area contributed by atoms with Crippen molar-refractivity contribution in [1.82, 2.24) is 0 Å². The molecule has 0 saturated heterocycles. The molecule has 0 N–H and O–H groups in total. The second kappa shape index (κ2) is 11.8. The summed E-state index contributed by atoms with van der Waals surface area (Å²) in [4.78, 5) is 10.8. The minimum atomic E-state index is -4.73. The lowest BCUT2D eigenvalue weighted by Crippen LogP contribution is -2.17. The molecule has 182 valence electrons. The third-order valence-corrected chi connectivity index (χ3v) is 5.47. The average molecular weight is 499 g/mol. The van der Waals surface area contributed by atoms with E-state index in [9.17, 15) is 13.2 Å². The number of halogens is 3. The van der Waals surface area contributed by atoms with Gasteiger partial charge in [0.25, 0.3) is 0 Å². The number of benzene rings is 3. The number of aliphatic imine (C=N–C) groups is 1. The third-order valence-electron chi connectivity index (χ3n) is 5.20. The molecule has 0 amide bonds. The zero-order valence-corrected chi connectivity index (χ0v) is 20.4. The van der Waals surface area contributed by atoms with Gasteiger partial charge in [0.15, 0.2) is 5.75 Å². The Morgan fingerprint density at radius 3 is 2.11 bits per heavy atom. The number of oxime groups is 1. The lowest BCUT2D eigenvalue weighted by atomic mass is 9.99.